The Labute approximate surface area is 126 Å². The van der Waals surface area contributed by atoms with E-state index in [4.69, 9.17) is 35.4 Å². The summed E-state index contributed by atoms with van der Waals surface area (Å²) in [6.07, 6.45) is 1.63. The van der Waals surface area contributed by atoms with Crippen LogP contribution >= 0.6 is 35.4 Å². The van der Waals surface area contributed by atoms with Crippen LogP contribution in [0.2, 0.25) is 10.0 Å². The minimum absolute atomic E-state index is 0.214. The predicted octanol–water partition coefficient (Wildman–Crippen LogP) is 4.25. The largest absolute Gasteiger partial charge is 0.250 e. The van der Waals surface area contributed by atoms with Gasteiger partial charge in [0, 0.05) is 16.5 Å². The van der Waals surface area contributed by atoms with Crippen molar-refractivity contribution >= 4 is 41.6 Å². The molecule has 100 valence electrons. The maximum atomic E-state index is 6.08. The van der Waals surface area contributed by atoms with Crippen molar-refractivity contribution in [3.05, 3.63) is 44.4 Å². The van der Waals surface area contributed by atoms with Crippen LogP contribution in [0.5, 0.6) is 0 Å². The Morgan fingerprint density at radius 3 is 2.79 bits per heavy atom. The lowest BCUT2D eigenvalue weighted by Crippen LogP contribution is -2.01. The lowest BCUT2D eigenvalue weighted by molar-refractivity contribution is 0.695. The van der Waals surface area contributed by atoms with E-state index in [0.29, 0.717) is 14.8 Å². The van der Waals surface area contributed by atoms with Crippen molar-refractivity contribution in [3.8, 4) is 0 Å². The summed E-state index contributed by atoms with van der Waals surface area (Å²) in [5, 5.41) is 12.3. The second kappa shape index (κ2) is 5.86. The van der Waals surface area contributed by atoms with Gasteiger partial charge in [0.05, 0.1) is 11.2 Å². The van der Waals surface area contributed by atoms with E-state index in [9.17, 15) is 0 Å². The standard InChI is InChI=1S/C12H12Cl2N4S/c1-7(2)11-16-17-12(19)18(11)15-6-8-3-4-9(13)5-10(8)14/h3-7H,1-2H3,(H,17,19)/b15-6+. The number of rotatable bonds is 3. The summed E-state index contributed by atoms with van der Waals surface area (Å²) in [5.41, 5.74) is 0.767. The lowest BCUT2D eigenvalue weighted by Gasteiger charge is -2.03. The third-order valence-electron chi connectivity index (χ3n) is 2.47. The molecule has 1 aromatic carbocycles. The molecule has 2 rings (SSSR count). The summed E-state index contributed by atoms with van der Waals surface area (Å²) < 4.78 is 2.04. The van der Waals surface area contributed by atoms with E-state index in [1.54, 1.807) is 29.1 Å². The quantitative estimate of drug-likeness (QED) is 0.680. The normalized spacial score (nSPS) is 11.6. The summed E-state index contributed by atoms with van der Waals surface area (Å²) in [4.78, 5) is 0. The number of hydrogen-bond acceptors (Lipinski definition) is 3. The van der Waals surface area contributed by atoms with Crippen LogP contribution < -0.4 is 0 Å². The van der Waals surface area contributed by atoms with Crippen molar-refractivity contribution < 1.29 is 0 Å². The van der Waals surface area contributed by atoms with E-state index in [-0.39, 0.29) is 5.92 Å². The van der Waals surface area contributed by atoms with Gasteiger partial charge in [0.1, 0.15) is 0 Å². The average Bonchev–Trinajstić information content (AvgIpc) is 2.70. The van der Waals surface area contributed by atoms with Gasteiger partial charge >= 0.3 is 0 Å². The van der Waals surface area contributed by atoms with E-state index >= 15 is 0 Å². The second-order valence-electron chi connectivity index (χ2n) is 4.26. The highest BCUT2D eigenvalue weighted by Crippen LogP contribution is 2.19. The Morgan fingerprint density at radius 1 is 1.42 bits per heavy atom. The SMILES string of the molecule is CC(C)c1n[nH]c(=S)n1/N=C/c1ccc(Cl)cc1Cl. The zero-order valence-electron chi connectivity index (χ0n) is 10.4. The summed E-state index contributed by atoms with van der Waals surface area (Å²) in [7, 11) is 0. The van der Waals surface area contributed by atoms with Crippen LogP contribution in [0.4, 0.5) is 0 Å². The Morgan fingerprint density at radius 2 is 2.16 bits per heavy atom. The molecule has 0 aliphatic carbocycles. The predicted molar refractivity (Wildman–Crippen MR) is 81.0 cm³/mol. The molecule has 0 saturated heterocycles. The van der Waals surface area contributed by atoms with Crippen LogP contribution in [0, 0.1) is 4.77 Å². The zero-order valence-corrected chi connectivity index (χ0v) is 12.7. The molecule has 2 aromatic rings. The number of hydrogen-bond donors (Lipinski definition) is 1. The Kier molecular flexibility index (Phi) is 4.39. The van der Waals surface area contributed by atoms with Gasteiger partial charge in [-0.2, -0.15) is 14.9 Å². The van der Waals surface area contributed by atoms with Crippen LogP contribution in [-0.2, 0) is 0 Å². The maximum Gasteiger partial charge on any atom is 0.216 e. The van der Waals surface area contributed by atoms with Gasteiger partial charge in [0.25, 0.3) is 0 Å². The van der Waals surface area contributed by atoms with Crippen LogP contribution in [0.1, 0.15) is 31.2 Å². The minimum Gasteiger partial charge on any atom is -0.250 e. The fraction of sp³-hybridized carbons (Fsp3) is 0.250. The molecule has 7 heteroatoms. The molecule has 1 N–H and O–H groups in total. The van der Waals surface area contributed by atoms with E-state index in [2.05, 4.69) is 15.3 Å². The van der Waals surface area contributed by atoms with Crippen molar-refractivity contribution in [2.75, 3.05) is 0 Å². The topological polar surface area (TPSA) is 46.0 Å². The Hall–Kier alpha value is -1.17. The van der Waals surface area contributed by atoms with Gasteiger partial charge < -0.3 is 0 Å². The molecular weight excluding hydrogens is 303 g/mol. The Bertz CT molecular complexity index is 673. The maximum absolute atomic E-state index is 6.08. The summed E-state index contributed by atoms with van der Waals surface area (Å²) in [6, 6.07) is 5.22. The lowest BCUT2D eigenvalue weighted by atomic mass is 10.2. The van der Waals surface area contributed by atoms with Gasteiger partial charge in [-0.15, -0.1) is 0 Å². The first-order valence-electron chi connectivity index (χ1n) is 5.65. The molecular formula is C12H12Cl2N4S. The van der Waals surface area contributed by atoms with Gasteiger partial charge in [-0.1, -0.05) is 43.1 Å². The molecule has 0 atom stereocenters. The van der Waals surface area contributed by atoms with E-state index in [0.717, 1.165) is 11.4 Å². The fourth-order valence-electron chi connectivity index (χ4n) is 1.52. The van der Waals surface area contributed by atoms with Crippen molar-refractivity contribution in [1.29, 1.82) is 0 Å². The molecule has 1 heterocycles. The summed E-state index contributed by atoms with van der Waals surface area (Å²) in [5.74, 6) is 0.983. The van der Waals surface area contributed by atoms with Gasteiger partial charge in [0.2, 0.25) is 4.77 Å². The molecule has 4 nitrogen and oxygen atoms in total. The number of benzene rings is 1. The molecule has 0 unspecified atom stereocenters. The van der Waals surface area contributed by atoms with Crippen LogP contribution in [0.3, 0.4) is 0 Å². The highest BCUT2D eigenvalue weighted by Gasteiger charge is 2.08. The molecule has 0 aliphatic rings. The highest BCUT2D eigenvalue weighted by atomic mass is 35.5. The first-order valence-corrected chi connectivity index (χ1v) is 6.82. The Balaban J connectivity index is 2.38. The molecule has 0 spiro atoms. The molecule has 0 radical (unpaired) electrons. The van der Waals surface area contributed by atoms with Gasteiger partial charge in [-0.25, -0.2) is 0 Å². The zero-order chi connectivity index (χ0) is 14.0. The number of aromatic nitrogens is 3. The molecule has 1 aromatic heterocycles. The molecule has 0 amide bonds. The van der Waals surface area contributed by atoms with Crippen molar-refractivity contribution in [2.24, 2.45) is 5.10 Å². The molecule has 0 bridgehead atoms. The van der Waals surface area contributed by atoms with Crippen LogP contribution in [0.25, 0.3) is 0 Å². The monoisotopic (exact) mass is 314 g/mol. The minimum atomic E-state index is 0.214. The summed E-state index contributed by atoms with van der Waals surface area (Å²) >= 11 is 17.1. The third kappa shape index (κ3) is 3.23. The number of nitrogens with one attached hydrogen (secondary N) is 1. The molecule has 0 fully saturated rings. The van der Waals surface area contributed by atoms with Gasteiger partial charge in [-0.3, -0.25) is 5.10 Å². The fourth-order valence-corrected chi connectivity index (χ4v) is 2.16. The highest BCUT2D eigenvalue weighted by molar-refractivity contribution is 7.71. The van der Waals surface area contributed by atoms with Crippen LogP contribution in [0.15, 0.2) is 23.3 Å². The van der Waals surface area contributed by atoms with E-state index in [1.165, 1.54) is 0 Å². The van der Waals surface area contributed by atoms with Gasteiger partial charge in [-0.05, 0) is 24.4 Å². The number of H-pyrrole nitrogens is 1. The van der Waals surface area contributed by atoms with Crippen molar-refractivity contribution in [1.82, 2.24) is 14.9 Å². The van der Waals surface area contributed by atoms with E-state index < -0.39 is 0 Å². The second-order valence-corrected chi connectivity index (χ2v) is 5.49. The number of halogens is 2. The molecule has 0 saturated carbocycles. The third-order valence-corrected chi connectivity index (χ3v) is 3.29. The summed E-state index contributed by atoms with van der Waals surface area (Å²) in [6.45, 7) is 4.04. The average molecular weight is 315 g/mol. The first kappa shape index (κ1) is 14.2. The van der Waals surface area contributed by atoms with Crippen molar-refractivity contribution in [3.63, 3.8) is 0 Å². The van der Waals surface area contributed by atoms with Crippen LogP contribution in [-0.4, -0.2) is 21.1 Å². The van der Waals surface area contributed by atoms with Gasteiger partial charge in [0.15, 0.2) is 5.82 Å². The van der Waals surface area contributed by atoms with Crippen molar-refractivity contribution in [2.45, 2.75) is 19.8 Å². The molecule has 0 aliphatic heterocycles. The number of aromatic amines is 1. The molecule has 19 heavy (non-hydrogen) atoms. The smallest absolute Gasteiger partial charge is 0.216 e. The van der Waals surface area contributed by atoms with E-state index in [1.807, 2.05) is 13.8 Å². The first-order chi connectivity index (χ1) is 8.99. The number of nitrogens with zero attached hydrogens (tertiary/aromatic N) is 3.